The third kappa shape index (κ3) is 2.16. The van der Waals surface area contributed by atoms with Crippen molar-refractivity contribution < 1.29 is 0 Å². The molecular formula is C10H14N4. The van der Waals surface area contributed by atoms with Gasteiger partial charge in [0, 0.05) is 17.5 Å². The molecule has 4 heteroatoms. The highest BCUT2D eigenvalue weighted by molar-refractivity contribution is 5.59. The van der Waals surface area contributed by atoms with Crippen molar-refractivity contribution in [2.45, 2.75) is 20.8 Å². The van der Waals surface area contributed by atoms with Gasteiger partial charge in [-0.2, -0.15) is 5.10 Å². The third-order valence-electron chi connectivity index (χ3n) is 1.69. The molecule has 4 nitrogen and oxygen atoms in total. The summed E-state index contributed by atoms with van der Waals surface area (Å²) in [6, 6.07) is 1.86. The van der Waals surface area contributed by atoms with Gasteiger partial charge in [0.2, 0.25) is 0 Å². The van der Waals surface area contributed by atoms with Crippen LogP contribution in [-0.4, -0.2) is 20.2 Å². The first-order valence-corrected chi connectivity index (χ1v) is 4.64. The van der Waals surface area contributed by atoms with E-state index in [1.165, 1.54) is 6.33 Å². The molecule has 0 saturated carbocycles. The molecule has 0 saturated heterocycles. The van der Waals surface area contributed by atoms with Crippen LogP contribution in [0.5, 0.6) is 0 Å². The lowest BCUT2D eigenvalue weighted by Crippen LogP contribution is -1.83. The minimum absolute atomic E-state index is 0.899. The lowest BCUT2D eigenvalue weighted by molar-refractivity contribution is 1.05. The molecule has 0 unspecified atom stereocenters. The monoisotopic (exact) mass is 190 g/mol. The van der Waals surface area contributed by atoms with Crippen molar-refractivity contribution in [1.82, 2.24) is 20.2 Å². The topological polar surface area (TPSA) is 54.5 Å². The Morgan fingerprint density at radius 1 is 1.29 bits per heavy atom. The summed E-state index contributed by atoms with van der Waals surface area (Å²) in [5, 5.41) is 6.77. The molecule has 2 heterocycles. The van der Waals surface area contributed by atoms with Gasteiger partial charge in [0.05, 0.1) is 11.9 Å². The summed E-state index contributed by atoms with van der Waals surface area (Å²) < 4.78 is 0. The van der Waals surface area contributed by atoms with Gasteiger partial charge in [-0.25, -0.2) is 9.97 Å². The highest BCUT2D eigenvalue weighted by Crippen LogP contribution is 2.16. The Morgan fingerprint density at radius 2 is 2.07 bits per heavy atom. The number of nitrogens with one attached hydrogen (secondary N) is 1. The predicted octanol–water partition coefficient (Wildman–Crippen LogP) is 2.20. The lowest BCUT2D eigenvalue weighted by atomic mass is 10.2. The van der Waals surface area contributed by atoms with Crippen molar-refractivity contribution in [3.63, 3.8) is 0 Å². The Bertz CT molecular complexity index is 367. The van der Waals surface area contributed by atoms with Gasteiger partial charge >= 0.3 is 0 Å². The van der Waals surface area contributed by atoms with Crippen LogP contribution in [0, 0.1) is 6.92 Å². The average molecular weight is 190 g/mol. The molecule has 2 rings (SSSR count). The molecule has 1 N–H and O–H groups in total. The summed E-state index contributed by atoms with van der Waals surface area (Å²) in [6.45, 7) is 5.96. The molecule has 0 fully saturated rings. The largest absolute Gasteiger partial charge is 0.282 e. The van der Waals surface area contributed by atoms with Crippen LogP contribution in [0.4, 0.5) is 0 Å². The quantitative estimate of drug-likeness (QED) is 0.750. The first-order valence-electron chi connectivity index (χ1n) is 4.64. The summed E-state index contributed by atoms with van der Waals surface area (Å²) in [5.41, 5.74) is 2.95. The minimum atomic E-state index is 0.899. The Morgan fingerprint density at radius 3 is 2.57 bits per heavy atom. The van der Waals surface area contributed by atoms with Gasteiger partial charge in [-0.3, -0.25) is 5.10 Å². The van der Waals surface area contributed by atoms with E-state index in [4.69, 9.17) is 0 Å². The van der Waals surface area contributed by atoms with Gasteiger partial charge in [0.1, 0.15) is 6.33 Å². The maximum Gasteiger partial charge on any atom is 0.116 e. The molecule has 0 aliphatic carbocycles. The number of aromatic nitrogens is 4. The molecular weight excluding hydrogens is 176 g/mol. The molecule has 0 aliphatic rings. The van der Waals surface area contributed by atoms with Gasteiger partial charge in [-0.15, -0.1) is 0 Å². The Labute approximate surface area is 83.4 Å². The number of aromatic amines is 1. The maximum absolute atomic E-state index is 4.11. The normalized spacial score (nSPS) is 9.07. The number of H-pyrrole nitrogens is 1. The van der Waals surface area contributed by atoms with E-state index in [2.05, 4.69) is 20.2 Å². The van der Waals surface area contributed by atoms with Crippen molar-refractivity contribution in [3.8, 4) is 11.3 Å². The van der Waals surface area contributed by atoms with Crippen LogP contribution in [-0.2, 0) is 0 Å². The minimum Gasteiger partial charge on any atom is -0.282 e. The predicted molar refractivity (Wildman–Crippen MR) is 55.7 cm³/mol. The molecule has 0 spiro atoms. The van der Waals surface area contributed by atoms with Gasteiger partial charge in [0.15, 0.2) is 0 Å². The van der Waals surface area contributed by atoms with Crippen LogP contribution < -0.4 is 0 Å². The van der Waals surface area contributed by atoms with Crippen molar-refractivity contribution in [3.05, 3.63) is 30.5 Å². The summed E-state index contributed by atoms with van der Waals surface area (Å²) in [4.78, 5) is 7.95. The molecule has 0 bridgehead atoms. The van der Waals surface area contributed by atoms with Gasteiger partial charge in [0.25, 0.3) is 0 Å². The molecule has 0 aromatic carbocycles. The zero-order chi connectivity index (χ0) is 10.4. The smallest absolute Gasteiger partial charge is 0.116 e. The molecule has 2 aromatic heterocycles. The SMILES string of the molecule is CC.Cc1[nH]ncc1-c1ccncn1. The van der Waals surface area contributed by atoms with Crippen LogP contribution in [0.15, 0.2) is 24.8 Å². The molecule has 0 amide bonds. The average Bonchev–Trinajstić information content (AvgIpc) is 2.69. The Hall–Kier alpha value is -1.71. The van der Waals surface area contributed by atoms with Crippen molar-refractivity contribution >= 4 is 0 Å². The Kier molecular flexibility index (Phi) is 3.79. The second kappa shape index (κ2) is 5.11. The van der Waals surface area contributed by atoms with E-state index in [1.807, 2.05) is 26.8 Å². The van der Waals surface area contributed by atoms with Gasteiger partial charge in [-0.05, 0) is 13.0 Å². The third-order valence-corrected chi connectivity index (χ3v) is 1.69. The van der Waals surface area contributed by atoms with E-state index < -0.39 is 0 Å². The first-order chi connectivity index (χ1) is 6.88. The Balaban J connectivity index is 0.000000461. The molecule has 0 aliphatic heterocycles. The van der Waals surface area contributed by atoms with Gasteiger partial charge < -0.3 is 0 Å². The zero-order valence-corrected chi connectivity index (χ0v) is 8.65. The van der Waals surface area contributed by atoms with E-state index in [0.29, 0.717) is 0 Å². The van der Waals surface area contributed by atoms with Crippen molar-refractivity contribution in [1.29, 1.82) is 0 Å². The number of aryl methyl sites for hydroxylation is 1. The number of hydrogen-bond acceptors (Lipinski definition) is 3. The van der Waals surface area contributed by atoms with Crippen LogP contribution in [0.1, 0.15) is 19.5 Å². The maximum atomic E-state index is 4.11. The van der Waals surface area contributed by atoms with Crippen LogP contribution in [0.3, 0.4) is 0 Å². The van der Waals surface area contributed by atoms with Crippen LogP contribution in [0.25, 0.3) is 11.3 Å². The molecule has 2 aromatic rings. The van der Waals surface area contributed by atoms with E-state index in [-0.39, 0.29) is 0 Å². The number of hydrogen-bond donors (Lipinski definition) is 1. The summed E-state index contributed by atoms with van der Waals surface area (Å²) in [7, 11) is 0. The number of rotatable bonds is 1. The van der Waals surface area contributed by atoms with Crippen molar-refractivity contribution in [2.24, 2.45) is 0 Å². The number of nitrogens with zero attached hydrogens (tertiary/aromatic N) is 3. The summed E-state index contributed by atoms with van der Waals surface area (Å²) in [5.74, 6) is 0. The highest BCUT2D eigenvalue weighted by Gasteiger charge is 2.02. The first kappa shape index (κ1) is 10.4. The summed E-state index contributed by atoms with van der Waals surface area (Å²) in [6.07, 6.45) is 5.01. The van der Waals surface area contributed by atoms with E-state index in [1.54, 1.807) is 12.4 Å². The lowest BCUT2D eigenvalue weighted by Gasteiger charge is -1.94. The van der Waals surface area contributed by atoms with E-state index in [9.17, 15) is 0 Å². The van der Waals surface area contributed by atoms with Gasteiger partial charge in [-0.1, -0.05) is 13.8 Å². The fraction of sp³-hybridized carbons (Fsp3) is 0.300. The zero-order valence-electron chi connectivity index (χ0n) is 8.65. The van der Waals surface area contributed by atoms with E-state index in [0.717, 1.165) is 17.0 Å². The fourth-order valence-electron chi connectivity index (χ4n) is 1.06. The standard InChI is InChI=1S/C8H8N4.C2H6/c1-6-7(4-11-12-6)8-2-3-9-5-10-8;1-2/h2-5H,1H3,(H,11,12);1-2H3. The van der Waals surface area contributed by atoms with Crippen LogP contribution in [0.2, 0.25) is 0 Å². The second-order valence-electron chi connectivity index (χ2n) is 2.50. The summed E-state index contributed by atoms with van der Waals surface area (Å²) >= 11 is 0. The highest BCUT2D eigenvalue weighted by atomic mass is 15.1. The molecule has 14 heavy (non-hydrogen) atoms. The molecule has 0 radical (unpaired) electrons. The van der Waals surface area contributed by atoms with Crippen LogP contribution >= 0.6 is 0 Å². The molecule has 0 atom stereocenters. The fourth-order valence-corrected chi connectivity index (χ4v) is 1.06. The van der Waals surface area contributed by atoms with Crippen molar-refractivity contribution in [2.75, 3.05) is 0 Å². The van der Waals surface area contributed by atoms with E-state index >= 15 is 0 Å². The molecule has 74 valence electrons. The second-order valence-corrected chi connectivity index (χ2v) is 2.50.